The van der Waals surface area contributed by atoms with Crippen LogP contribution in [-0.2, 0) is 32.5 Å². The third-order valence-electron chi connectivity index (χ3n) is 4.71. The normalized spacial score (nSPS) is 16.6. The molecule has 0 radical (unpaired) electrons. The van der Waals surface area contributed by atoms with Crippen molar-refractivity contribution in [2.45, 2.75) is 58.4 Å². The number of sulfone groups is 1. The van der Waals surface area contributed by atoms with Gasteiger partial charge < -0.3 is 20.1 Å². The summed E-state index contributed by atoms with van der Waals surface area (Å²) in [5.74, 6) is 0.854. The lowest BCUT2D eigenvalue weighted by atomic mass is 10.1. The van der Waals surface area contributed by atoms with Crippen LogP contribution in [0.25, 0.3) is 0 Å². The van der Waals surface area contributed by atoms with Crippen molar-refractivity contribution < 1.29 is 17.9 Å². The molecule has 172 valence electrons. The maximum atomic E-state index is 11.4. The Hall–Kier alpha value is -0.910. The number of halogens is 1. The van der Waals surface area contributed by atoms with Crippen molar-refractivity contribution in [3.05, 3.63) is 35.4 Å². The minimum Gasteiger partial charge on any atom is -0.381 e. The van der Waals surface area contributed by atoms with Crippen LogP contribution in [0, 0.1) is 0 Å². The Labute approximate surface area is 198 Å². The highest BCUT2D eigenvalue weighted by Gasteiger charge is 2.14. The van der Waals surface area contributed by atoms with Gasteiger partial charge in [-0.25, -0.2) is 13.4 Å². The van der Waals surface area contributed by atoms with E-state index in [0.717, 1.165) is 43.7 Å². The highest BCUT2D eigenvalue weighted by atomic mass is 127. The van der Waals surface area contributed by atoms with E-state index >= 15 is 0 Å². The van der Waals surface area contributed by atoms with Crippen molar-refractivity contribution in [2.75, 3.05) is 31.8 Å². The fourth-order valence-corrected chi connectivity index (χ4v) is 3.84. The van der Waals surface area contributed by atoms with E-state index in [-0.39, 0.29) is 41.9 Å². The lowest BCUT2D eigenvalue weighted by molar-refractivity contribution is -0.0390. The SMILES string of the molecule is CCNC(=NCc1cccc(COC2CCOCC2)c1)NC(C)CCS(C)(=O)=O.I. The second-order valence-electron chi connectivity index (χ2n) is 7.60. The third-order valence-corrected chi connectivity index (χ3v) is 5.69. The van der Waals surface area contributed by atoms with Crippen LogP contribution in [0.5, 0.6) is 0 Å². The molecule has 0 saturated carbocycles. The molecule has 1 aromatic carbocycles. The lowest BCUT2D eigenvalue weighted by Gasteiger charge is -2.22. The first-order valence-corrected chi connectivity index (χ1v) is 12.4. The first kappa shape index (κ1) is 27.1. The molecule has 2 N–H and O–H groups in total. The molecular formula is C21H36IN3O4S. The molecule has 2 rings (SSSR count). The topological polar surface area (TPSA) is 89.0 Å². The lowest BCUT2D eigenvalue weighted by Crippen LogP contribution is -2.42. The zero-order chi connectivity index (χ0) is 21.1. The van der Waals surface area contributed by atoms with Crippen LogP contribution in [-0.4, -0.2) is 58.3 Å². The Morgan fingerprint density at radius 2 is 2.00 bits per heavy atom. The first-order valence-electron chi connectivity index (χ1n) is 10.4. The molecule has 1 fully saturated rings. The van der Waals surface area contributed by atoms with Gasteiger partial charge in [-0.3, -0.25) is 0 Å². The molecule has 0 aromatic heterocycles. The predicted molar refractivity (Wildman–Crippen MR) is 132 cm³/mol. The van der Waals surface area contributed by atoms with Gasteiger partial charge >= 0.3 is 0 Å². The maximum absolute atomic E-state index is 11.4. The van der Waals surface area contributed by atoms with Gasteiger partial charge in [0.25, 0.3) is 0 Å². The van der Waals surface area contributed by atoms with E-state index in [0.29, 0.717) is 25.5 Å². The minimum absolute atomic E-state index is 0. The molecule has 0 amide bonds. The minimum atomic E-state index is -2.96. The smallest absolute Gasteiger partial charge is 0.191 e. The molecule has 1 saturated heterocycles. The largest absolute Gasteiger partial charge is 0.381 e. The Kier molecular flexibility index (Phi) is 12.8. The molecule has 1 aromatic rings. The molecule has 1 aliphatic rings. The van der Waals surface area contributed by atoms with E-state index in [1.165, 1.54) is 6.26 Å². The van der Waals surface area contributed by atoms with Crippen molar-refractivity contribution in [1.29, 1.82) is 0 Å². The van der Waals surface area contributed by atoms with E-state index in [9.17, 15) is 8.42 Å². The number of rotatable bonds is 10. The Morgan fingerprint density at radius 1 is 1.30 bits per heavy atom. The molecule has 7 nitrogen and oxygen atoms in total. The van der Waals surface area contributed by atoms with Crippen molar-refractivity contribution in [3.8, 4) is 0 Å². The van der Waals surface area contributed by atoms with Gasteiger partial charge in [-0.15, -0.1) is 24.0 Å². The Morgan fingerprint density at radius 3 is 2.67 bits per heavy atom. The van der Waals surface area contributed by atoms with E-state index in [2.05, 4.69) is 33.8 Å². The first-order chi connectivity index (χ1) is 13.9. The van der Waals surface area contributed by atoms with E-state index < -0.39 is 9.84 Å². The number of guanidine groups is 1. The zero-order valence-corrected chi connectivity index (χ0v) is 21.4. The van der Waals surface area contributed by atoms with Crippen molar-refractivity contribution in [3.63, 3.8) is 0 Å². The van der Waals surface area contributed by atoms with Gasteiger partial charge in [0.05, 0.1) is 25.0 Å². The number of ether oxygens (including phenoxy) is 2. The molecular weight excluding hydrogens is 517 g/mol. The number of aliphatic imine (C=N–C) groups is 1. The van der Waals surface area contributed by atoms with Crippen LogP contribution < -0.4 is 10.6 Å². The molecule has 1 aliphatic heterocycles. The molecule has 0 spiro atoms. The zero-order valence-electron chi connectivity index (χ0n) is 18.2. The highest BCUT2D eigenvalue weighted by Crippen LogP contribution is 2.14. The van der Waals surface area contributed by atoms with Crippen LogP contribution in [0.4, 0.5) is 0 Å². The predicted octanol–water partition coefficient (Wildman–Crippen LogP) is 2.88. The number of nitrogens with one attached hydrogen (secondary N) is 2. The summed E-state index contributed by atoms with van der Waals surface area (Å²) in [6.45, 7) is 7.41. The molecule has 9 heteroatoms. The van der Waals surface area contributed by atoms with Crippen LogP contribution in [0.15, 0.2) is 29.3 Å². The van der Waals surface area contributed by atoms with Crippen LogP contribution >= 0.6 is 24.0 Å². The van der Waals surface area contributed by atoms with Crippen molar-refractivity contribution >= 4 is 39.8 Å². The summed E-state index contributed by atoms with van der Waals surface area (Å²) in [6.07, 6.45) is 4.00. The van der Waals surface area contributed by atoms with Crippen LogP contribution in [0.2, 0.25) is 0 Å². The third kappa shape index (κ3) is 11.5. The van der Waals surface area contributed by atoms with Gasteiger partial charge in [-0.1, -0.05) is 24.3 Å². The van der Waals surface area contributed by atoms with E-state index in [1.807, 2.05) is 19.9 Å². The van der Waals surface area contributed by atoms with Gasteiger partial charge in [0.1, 0.15) is 9.84 Å². The fraction of sp³-hybridized carbons (Fsp3) is 0.667. The van der Waals surface area contributed by atoms with Gasteiger partial charge in [-0.2, -0.15) is 0 Å². The second kappa shape index (κ2) is 14.2. The number of benzene rings is 1. The fourth-order valence-electron chi connectivity index (χ4n) is 3.06. The van der Waals surface area contributed by atoms with Crippen molar-refractivity contribution in [2.24, 2.45) is 4.99 Å². The van der Waals surface area contributed by atoms with Gasteiger partial charge in [0.15, 0.2) is 5.96 Å². The molecule has 0 aliphatic carbocycles. The number of hydrogen-bond donors (Lipinski definition) is 2. The van der Waals surface area contributed by atoms with Gasteiger partial charge in [0, 0.05) is 32.1 Å². The summed E-state index contributed by atoms with van der Waals surface area (Å²) in [5.41, 5.74) is 2.25. The molecule has 1 atom stereocenters. The van der Waals surface area contributed by atoms with E-state index in [1.54, 1.807) is 0 Å². The highest BCUT2D eigenvalue weighted by molar-refractivity contribution is 14.0. The molecule has 1 unspecified atom stereocenters. The maximum Gasteiger partial charge on any atom is 0.191 e. The molecule has 0 bridgehead atoms. The summed E-state index contributed by atoms with van der Waals surface area (Å²) < 4.78 is 34.1. The molecule has 1 heterocycles. The average Bonchev–Trinajstić information content (AvgIpc) is 2.70. The van der Waals surface area contributed by atoms with Crippen LogP contribution in [0.3, 0.4) is 0 Å². The monoisotopic (exact) mass is 553 g/mol. The van der Waals surface area contributed by atoms with Gasteiger partial charge in [0.2, 0.25) is 0 Å². The number of hydrogen-bond acceptors (Lipinski definition) is 5. The Balaban J connectivity index is 0.00000450. The number of nitrogens with zero attached hydrogens (tertiary/aromatic N) is 1. The van der Waals surface area contributed by atoms with E-state index in [4.69, 9.17) is 9.47 Å². The average molecular weight is 554 g/mol. The van der Waals surface area contributed by atoms with Crippen LogP contribution in [0.1, 0.15) is 44.2 Å². The summed E-state index contributed by atoms with van der Waals surface area (Å²) in [7, 11) is -2.96. The summed E-state index contributed by atoms with van der Waals surface area (Å²) in [5, 5.41) is 6.50. The Bertz CT molecular complexity index is 752. The summed E-state index contributed by atoms with van der Waals surface area (Å²) in [6, 6.07) is 8.30. The quantitative estimate of drug-likeness (QED) is 0.263. The van der Waals surface area contributed by atoms with Crippen molar-refractivity contribution in [1.82, 2.24) is 10.6 Å². The standard InChI is InChI=1S/C21H35N3O4S.HI/c1-4-22-21(24-17(2)10-13-29(3,25)26)23-15-18-6-5-7-19(14-18)16-28-20-8-11-27-12-9-20;/h5-7,14,17,20H,4,8-13,15-16H2,1-3H3,(H2,22,23,24);1H. The summed E-state index contributed by atoms with van der Waals surface area (Å²) >= 11 is 0. The second-order valence-corrected chi connectivity index (χ2v) is 9.86. The summed E-state index contributed by atoms with van der Waals surface area (Å²) in [4.78, 5) is 4.65. The van der Waals surface area contributed by atoms with Gasteiger partial charge in [-0.05, 0) is 44.2 Å². The molecule has 30 heavy (non-hydrogen) atoms.